The van der Waals surface area contributed by atoms with E-state index in [2.05, 4.69) is 10.6 Å². The summed E-state index contributed by atoms with van der Waals surface area (Å²) in [6.45, 7) is 2.24. The summed E-state index contributed by atoms with van der Waals surface area (Å²) >= 11 is 1.61. The predicted octanol–water partition coefficient (Wildman–Crippen LogP) is 2.34. The molecule has 106 valence electrons. The van der Waals surface area contributed by atoms with Gasteiger partial charge < -0.3 is 15.1 Å². The van der Waals surface area contributed by atoms with E-state index in [1.807, 2.05) is 24.4 Å². The van der Waals surface area contributed by atoms with Crippen LogP contribution in [0.15, 0.2) is 40.5 Å². The maximum Gasteiger partial charge on any atom is 0.254 e. The van der Waals surface area contributed by atoms with Crippen LogP contribution in [-0.2, 0) is 4.79 Å². The second-order valence-electron chi connectivity index (χ2n) is 4.32. The minimum Gasteiger partial charge on any atom is -0.472 e. The highest BCUT2D eigenvalue weighted by Gasteiger charge is 2.11. The third kappa shape index (κ3) is 3.96. The van der Waals surface area contributed by atoms with Crippen LogP contribution in [0.4, 0.5) is 0 Å². The molecule has 0 unspecified atom stereocenters. The van der Waals surface area contributed by atoms with Crippen LogP contribution in [0.5, 0.6) is 0 Å². The average Bonchev–Trinajstić information content (AvgIpc) is 3.12. The largest absolute Gasteiger partial charge is 0.472 e. The highest BCUT2D eigenvalue weighted by molar-refractivity contribution is 7.10. The zero-order valence-electron chi connectivity index (χ0n) is 11.1. The fourth-order valence-electron chi connectivity index (χ4n) is 1.71. The Morgan fingerprint density at radius 2 is 2.25 bits per heavy atom. The standard InChI is InChI=1S/C14H16N2O3S/c1-10(12-3-2-8-20-12)16-13(17)4-6-15-14(18)11-5-7-19-9-11/h2-3,5,7-10H,4,6H2,1H3,(H,15,18)(H,16,17)/t10-/m1/s1. The molecular formula is C14H16N2O3S. The van der Waals surface area contributed by atoms with Crippen molar-refractivity contribution in [3.05, 3.63) is 46.5 Å². The molecule has 0 saturated heterocycles. The van der Waals surface area contributed by atoms with Crippen molar-refractivity contribution in [3.63, 3.8) is 0 Å². The van der Waals surface area contributed by atoms with Gasteiger partial charge in [0.05, 0.1) is 17.9 Å². The molecule has 0 aliphatic rings. The lowest BCUT2D eigenvalue weighted by molar-refractivity contribution is -0.121. The second-order valence-corrected chi connectivity index (χ2v) is 5.30. The Bertz CT molecular complexity index is 549. The molecule has 2 rings (SSSR count). The van der Waals surface area contributed by atoms with Crippen LogP contribution in [0.1, 0.15) is 34.6 Å². The molecule has 2 heterocycles. The number of hydrogen-bond acceptors (Lipinski definition) is 4. The van der Waals surface area contributed by atoms with E-state index in [1.54, 1.807) is 17.4 Å². The Hall–Kier alpha value is -2.08. The van der Waals surface area contributed by atoms with Crippen molar-refractivity contribution in [2.24, 2.45) is 0 Å². The van der Waals surface area contributed by atoms with Gasteiger partial charge in [-0.05, 0) is 24.4 Å². The van der Waals surface area contributed by atoms with Gasteiger partial charge in [-0.25, -0.2) is 0 Å². The van der Waals surface area contributed by atoms with Gasteiger partial charge in [-0.15, -0.1) is 11.3 Å². The maximum absolute atomic E-state index is 11.7. The molecule has 0 spiro atoms. The van der Waals surface area contributed by atoms with E-state index in [0.29, 0.717) is 12.1 Å². The number of carbonyl (C=O) groups excluding carboxylic acids is 2. The van der Waals surface area contributed by atoms with E-state index in [4.69, 9.17) is 4.42 Å². The summed E-state index contributed by atoms with van der Waals surface area (Å²) in [5, 5.41) is 7.53. The van der Waals surface area contributed by atoms with Crippen molar-refractivity contribution >= 4 is 23.2 Å². The quantitative estimate of drug-likeness (QED) is 0.858. The van der Waals surface area contributed by atoms with Crippen molar-refractivity contribution < 1.29 is 14.0 Å². The third-order valence-corrected chi connectivity index (χ3v) is 3.82. The summed E-state index contributed by atoms with van der Waals surface area (Å²) in [5.74, 6) is -0.323. The Morgan fingerprint density at radius 3 is 2.90 bits per heavy atom. The minimum atomic E-state index is -0.238. The minimum absolute atomic E-state index is 0.00734. The van der Waals surface area contributed by atoms with Gasteiger partial charge in [0.15, 0.2) is 0 Å². The van der Waals surface area contributed by atoms with Crippen LogP contribution < -0.4 is 10.6 Å². The smallest absolute Gasteiger partial charge is 0.254 e. The SMILES string of the molecule is C[C@@H](NC(=O)CCNC(=O)c1ccoc1)c1cccs1. The van der Waals surface area contributed by atoms with E-state index in [0.717, 1.165) is 4.88 Å². The van der Waals surface area contributed by atoms with Crippen LogP contribution >= 0.6 is 11.3 Å². The maximum atomic E-state index is 11.7. The molecular weight excluding hydrogens is 276 g/mol. The Morgan fingerprint density at radius 1 is 1.40 bits per heavy atom. The lowest BCUT2D eigenvalue weighted by Crippen LogP contribution is -2.31. The highest BCUT2D eigenvalue weighted by Crippen LogP contribution is 2.17. The molecule has 6 heteroatoms. The van der Waals surface area contributed by atoms with Crippen LogP contribution in [0.2, 0.25) is 0 Å². The molecule has 2 N–H and O–H groups in total. The summed E-state index contributed by atoms with van der Waals surface area (Å²) in [6, 6.07) is 5.50. The number of nitrogens with one attached hydrogen (secondary N) is 2. The van der Waals surface area contributed by atoms with E-state index in [1.165, 1.54) is 12.5 Å². The van der Waals surface area contributed by atoms with Crippen molar-refractivity contribution in [1.29, 1.82) is 0 Å². The molecule has 0 aliphatic heterocycles. The van der Waals surface area contributed by atoms with Crippen molar-refractivity contribution in [2.75, 3.05) is 6.54 Å². The summed E-state index contributed by atoms with van der Waals surface area (Å²) in [7, 11) is 0. The van der Waals surface area contributed by atoms with Gasteiger partial charge in [0.2, 0.25) is 5.91 Å². The Kier molecular flexibility index (Phi) is 4.95. The third-order valence-electron chi connectivity index (χ3n) is 2.77. The first-order valence-electron chi connectivity index (χ1n) is 6.30. The van der Waals surface area contributed by atoms with Crippen molar-refractivity contribution in [1.82, 2.24) is 10.6 Å². The molecule has 1 atom stereocenters. The first kappa shape index (κ1) is 14.3. The summed E-state index contributed by atoms with van der Waals surface area (Å²) in [6.07, 6.45) is 3.05. The predicted molar refractivity (Wildman–Crippen MR) is 76.5 cm³/mol. The van der Waals surface area contributed by atoms with Crippen LogP contribution in [0, 0.1) is 0 Å². The molecule has 0 radical (unpaired) electrons. The van der Waals surface area contributed by atoms with Gasteiger partial charge in [0.1, 0.15) is 6.26 Å². The van der Waals surface area contributed by atoms with Crippen molar-refractivity contribution in [2.45, 2.75) is 19.4 Å². The molecule has 0 aliphatic carbocycles. The lowest BCUT2D eigenvalue weighted by Gasteiger charge is -2.12. The summed E-state index contributed by atoms with van der Waals surface area (Å²) in [4.78, 5) is 24.4. The Balaban J connectivity index is 1.69. The molecule has 0 aromatic carbocycles. The zero-order chi connectivity index (χ0) is 14.4. The van der Waals surface area contributed by atoms with Gasteiger partial charge in [0.25, 0.3) is 5.91 Å². The number of rotatable bonds is 6. The van der Waals surface area contributed by atoms with E-state index < -0.39 is 0 Å². The van der Waals surface area contributed by atoms with Crippen LogP contribution in [0.3, 0.4) is 0 Å². The Labute approximate surface area is 121 Å². The number of carbonyl (C=O) groups is 2. The van der Waals surface area contributed by atoms with Crippen molar-refractivity contribution in [3.8, 4) is 0 Å². The highest BCUT2D eigenvalue weighted by atomic mass is 32.1. The molecule has 0 bridgehead atoms. The van der Waals surface area contributed by atoms with Gasteiger partial charge in [-0.3, -0.25) is 9.59 Å². The van der Waals surface area contributed by atoms with Crippen LogP contribution in [-0.4, -0.2) is 18.4 Å². The number of amides is 2. The normalized spacial score (nSPS) is 11.8. The second kappa shape index (κ2) is 6.91. The molecule has 5 nitrogen and oxygen atoms in total. The van der Waals surface area contributed by atoms with Crippen LogP contribution in [0.25, 0.3) is 0 Å². The summed E-state index contributed by atoms with van der Waals surface area (Å²) < 4.78 is 4.82. The van der Waals surface area contributed by atoms with Gasteiger partial charge in [-0.2, -0.15) is 0 Å². The molecule has 20 heavy (non-hydrogen) atoms. The van der Waals surface area contributed by atoms with E-state index in [9.17, 15) is 9.59 Å². The van der Waals surface area contributed by atoms with Gasteiger partial charge >= 0.3 is 0 Å². The first-order chi connectivity index (χ1) is 9.66. The van der Waals surface area contributed by atoms with E-state index >= 15 is 0 Å². The fraction of sp³-hybridized carbons (Fsp3) is 0.286. The van der Waals surface area contributed by atoms with Gasteiger partial charge in [0, 0.05) is 17.8 Å². The lowest BCUT2D eigenvalue weighted by atomic mass is 10.2. The zero-order valence-corrected chi connectivity index (χ0v) is 11.9. The average molecular weight is 292 g/mol. The topological polar surface area (TPSA) is 71.3 Å². The molecule has 0 fully saturated rings. The molecule has 2 amide bonds. The van der Waals surface area contributed by atoms with E-state index in [-0.39, 0.29) is 24.3 Å². The fourth-order valence-corrected chi connectivity index (χ4v) is 2.44. The number of furan rings is 1. The number of thiophene rings is 1. The number of hydrogen-bond donors (Lipinski definition) is 2. The molecule has 2 aromatic heterocycles. The first-order valence-corrected chi connectivity index (χ1v) is 7.18. The monoisotopic (exact) mass is 292 g/mol. The summed E-state index contributed by atoms with van der Waals surface area (Å²) in [5.41, 5.74) is 0.456. The van der Waals surface area contributed by atoms with Gasteiger partial charge in [-0.1, -0.05) is 6.07 Å². The molecule has 2 aromatic rings. The molecule has 0 saturated carbocycles.